The highest BCUT2D eigenvalue weighted by Gasteiger charge is 2.40. The van der Waals surface area contributed by atoms with Crippen LogP contribution in [0.25, 0.3) is 0 Å². The van der Waals surface area contributed by atoms with Crippen molar-refractivity contribution in [1.29, 1.82) is 0 Å². The smallest absolute Gasteiger partial charge is 0.0246 e. The highest BCUT2D eigenvalue weighted by atomic mass is 15.2. The van der Waals surface area contributed by atoms with E-state index in [4.69, 9.17) is 5.73 Å². The molecule has 0 radical (unpaired) electrons. The maximum Gasteiger partial charge on any atom is 0.0246 e. The fraction of sp³-hybridized carbons (Fsp3) is 1.00. The van der Waals surface area contributed by atoms with Gasteiger partial charge in [0, 0.05) is 12.6 Å². The molecule has 0 aromatic rings. The minimum absolute atomic E-state index is 0.697. The van der Waals surface area contributed by atoms with Gasteiger partial charge in [-0.2, -0.15) is 0 Å². The summed E-state index contributed by atoms with van der Waals surface area (Å²) in [7, 11) is 2.21. The summed E-state index contributed by atoms with van der Waals surface area (Å²) in [5.74, 6) is 1.97. The summed E-state index contributed by atoms with van der Waals surface area (Å²) in [6.45, 7) is 2.13. The van der Waals surface area contributed by atoms with Crippen LogP contribution in [-0.4, -0.2) is 31.1 Å². The molecule has 2 atom stereocenters. The largest absolute Gasteiger partial charge is 0.329 e. The van der Waals surface area contributed by atoms with Gasteiger partial charge in [-0.1, -0.05) is 0 Å². The second-order valence-corrected chi connectivity index (χ2v) is 4.07. The van der Waals surface area contributed by atoms with Crippen LogP contribution in [0.3, 0.4) is 0 Å². The van der Waals surface area contributed by atoms with Gasteiger partial charge < -0.3 is 10.6 Å². The van der Waals surface area contributed by atoms with Crippen molar-refractivity contribution in [2.75, 3.05) is 20.1 Å². The molecule has 1 saturated heterocycles. The van der Waals surface area contributed by atoms with Gasteiger partial charge in [0.15, 0.2) is 0 Å². The zero-order chi connectivity index (χ0) is 7.84. The predicted octanol–water partition coefficient (Wildman–Crippen LogP) is 0.675. The second kappa shape index (κ2) is 2.76. The molecule has 1 saturated carbocycles. The van der Waals surface area contributed by atoms with Gasteiger partial charge in [-0.05, 0) is 44.7 Å². The fourth-order valence-electron chi connectivity index (χ4n) is 2.47. The highest BCUT2D eigenvalue weighted by Crippen LogP contribution is 2.43. The van der Waals surface area contributed by atoms with E-state index in [0.29, 0.717) is 6.04 Å². The van der Waals surface area contributed by atoms with E-state index in [0.717, 1.165) is 18.4 Å². The van der Waals surface area contributed by atoms with E-state index in [9.17, 15) is 0 Å². The molecular formula is C9H18N2. The topological polar surface area (TPSA) is 29.3 Å². The summed E-state index contributed by atoms with van der Waals surface area (Å²) in [4.78, 5) is 2.43. The van der Waals surface area contributed by atoms with E-state index >= 15 is 0 Å². The molecule has 2 fully saturated rings. The van der Waals surface area contributed by atoms with Crippen LogP contribution < -0.4 is 5.73 Å². The Bertz CT molecular complexity index is 142. The van der Waals surface area contributed by atoms with Gasteiger partial charge in [0.25, 0.3) is 0 Å². The minimum atomic E-state index is 0.697. The van der Waals surface area contributed by atoms with Crippen molar-refractivity contribution in [3.8, 4) is 0 Å². The molecule has 0 amide bonds. The molecule has 0 spiro atoms. The van der Waals surface area contributed by atoms with Crippen LogP contribution in [0, 0.1) is 11.8 Å². The number of rotatable bonds is 2. The van der Waals surface area contributed by atoms with Gasteiger partial charge >= 0.3 is 0 Å². The highest BCUT2D eigenvalue weighted by molar-refractivity contribution is 4.94. The van der Waals surface area contributed by atoms with Crippen molar-refractivity contribution in [2.24, 2.45) is 17.6 Å². The predicted molar refractivity (Wildman–Crippen MR) is 46.3 cm³/mol. The Balaban J connectivity index is 1.97. The third-order valence-corrected chi connectivity index (χ3v) is 3.34. The standard InChI is InChI=1S/C9H18N2/c1-11-5-4-8(7-2-3-7)9(11)6-10/h7-9H,2-6,10H2,1H3/t8-,9-/m1/s1. The lowest BCUT2D eigenvalue weighted by molar-refractivity contribution is 0.263. The fourth-order valence-corrected chi connectivity index (χ4v) is 2.47. The molecule has 64 valence electrons. The molecule has 2 nitrogen and oxygen atoms in total. The van der Waals surface area contributed by atoms with Crippen molar-refractivity contribution in [1.82, 2.24) is 4.90 Å². The Kier molecular flexibility index (Phi) is 1.90. The normalized spacial score (nSPS) is 39.8. The second-order valence-electron chi connectivity index (χ2n) is 4.07. The SMILES string of the molecule is CN1CC[C@H](C2CC2)[C@H]1CN. The Morgan fingerprint density at radius 2 is 2.09 bits per heavy atom. The van der Waals surface area contributed by atoms with Gasteiger partial charge in [-0.15, -0.1) is 0 Å². The van der Waals surface area contributed by atoms with E-state index in [1.807, 2.05) is 0 Å². The van der Waals surface area contributed by atoms with E-state index in [-0.39, 0.29) is 0 Å². The van der Waals surface area contributed by atoms with Crippen LogP contribution in [0.4, 0.5) is 0 Å². The van der Waals surface area contributed by atoms with Crippen LogP contribution in [-0.2, 0) is 0 Å². The zero-order valence-electron chi connectivity index (χ0n) is 7.29. The Labute approximate surface area is 68.7 Å². The Morgan fingerprint density at radius 3 is 2.64 bits per heavy atom. The molecule has 0 aromatic carbocycles. The first-order valence-electron chi connectivity index (χ1n) is 4.73. The van der Waals surface area contributed by atoms with Gasteiger partial charge in [-0.25, -0.2) is 0 Å². The maximum absolute atomic E-state index is 5.74. The molecule has 1 heterocycles. The molecule has 0 bridgehead atoms. The number of nitrogens with two attached hydrogens (primary N) is 1. The third kappa shape index (κ3) is 1.30. The number of nitrogens with zero attached hydrogens (tertiary/aromatic N) is 1. The third-order valence-electron chi connectivity index (χ3n) is 3.34. The first-order chi connectivity index (χ1) is 5.33. The number of likely N-dealkylation sites (N-methyl/N-ethyl adjacent to an activating group) is 1. The number of hydrogen-bond acceptors (Lipinski definition) is 2. The lowest BCUT2D eigenvalue weighted by Gasteiger charge is -2.22. The number of hydrogen-bond donors (Lipinski definition) is 1. The summed E-state index contributed by atoms with van der Waals surface area (Å²) in [5.41, 5.74) is 5.74. The van der Waals surface area contributed by atoms with Crippen molar-refractivity contribution in [3.63, 3.8) is 0 Å². The van der Waals surface area contributed by atoms with Crippen molar-refractivity contribution >= 4 is 0 Å². The molecule has 11 heavy (non-hydrogen) atoms. The van der Waals surface area contributed by atoms with Crippen LogP contribution in [0.5, 0.6) is 0 Å². The molecule has 1 aliphatic carbocycles. The summed E-state index contributed by atoms with van der Waals surface area (Å²) in [6, 6.07) is 0.697. The average Bonchev–Trinajstić information content (AvgIpc) is 2.76. The Hall–Kier alpha value is -0.0800. The summed E-state index contributed by atoms with van der Waals surface area (Å²) < 4.78 is 0. The molecule has 1 aliphatic heterocycles. The van der Waals surface area contributed by atoms with Gasteiger partial charge in [0.1, 0.15) is 0 Å². The van der Waals surface area contributed by atoms with Crippen LogP contribution in [0.2, 0.25) is 0 Å². The Morgan fingerprint density at radius 1 is 1.36 bits per heavy atom. The molecule has 0 unspecified atom stereocenters. The van der Waals surface area contributed by atoms with Crippen LogP contribution in [0.15, 0.2) is 0 Å². The van der Waals surface area contributed by atoms with Crippen LogP contribution >= 0.6 is 0 Å². The summed E-state index contributed by atoms with van der Waals surface area (Å²) in [6.07, 6.45) is 4.33. The van der Waals surface area contributed by atoms with Gasteiger partial charge in [-0.3, -0.25) is 0 Å². The molecule has 2 N–H and O–H groups in total. The molecular weight excluding hydrogens is 136 g/mol. The van der Waals surface area contributed by atoms with Gasteiger partial charge in [0.2, 0.25) is 0 Å². The lowest BCUT2D eigenvalue weighted by Crippen LogP contribution is -2.37. The average molecular weight is 154 g/mol. The van der Waals surface area contributed by atoms with Crippen molar-refractivity contribution < 1.29 is 0 Å². The van der Waals surface area contributed by atoms with E-state index in [1.54, 1.807) is 0 Å². The van der Waals surface area contributed by atoms with Crippen molar-refractivity contribution in [2.45, 2.75) is 25.3 Å². The quantitative estimate of drug-likeness (QED) is 0.633. The molecule has 2 heteroatoms. The first kappa shape index (κ1) is 7.56. The first-order valence-corrected chi connectivity index (χ1v) is 4.73. The van der Waals surface area contributed by atoms with E-state index < -0.39 is 0 Å². The minimum Gasteiger partial charge on any atom is -0.329 e. The van der Waals surface area contributed by atoms with E-state index in [2.05, 4.69) is 11.9 Å². The molecule has 2 aliphatic rings. The molecule has 2 rings (SSSR count). The summed E-state index contributed by atoms with van der Waals surface area (Å²) in [5, 5.41) is 0. The lowest BCUT2D eigenvalue weighted by atomic mass is 9.95. The zero-order valence-corrected chi connectivity index (χ0v) is 7.29. The monoisotopic (exact) mass is 154 g/mol. The van der Waals surface area contributed by atoms with Crippen LogP contribution in [0.1, 0.15) is 19.3 Å². The molecule has 0 aromatic heterocycles. The van der Waals surface area contributed by atoms with E-state index in [1.165, 1.54) is 25.8 Å². The summed E-state index contributed by atoms with van der Waals surface area (Å²) >= 11 is 0. The number of likely N-dealkylation sites (tertiary alicyclic amines) is 1. The van der Waals surface area contributed by atoms with Gasteiger partial charge in [0.05, 0.1) is 0 Å². The van der Waals surface area contributed by atoms with Crippen molar-refractivity contribution in [3.05, 3.63) is 0 Å². The maximum atomic E-state index is 5.74.